The van der Waals surface area contributed by atoms with Gasteiger partial charge in [0.2, 0.25) is 0 Å². The molecule has 0 radical (unpaired) electrons. The van der Waals surface area contributed by atoms with Crippen LogP contribution in [0.25, 0.3) is 38.9 Å². The number of benzene rings is 4. The maximum Gasteiger partial charge on any atom is 0.260 e. The second-order valence-corrected chi connectivity index (χ2v) is 12.7. The predicted molar refractivity (Wildman–Crippen MR) is 178 cm³/mol. The number of pyridine rings is 2. The van der Waals surface area contributed by atoms with Crippen LogP contribution in [-0.2, 0) is 5.41 Å². The fourth-order valence-electron chi connectivity index (χ4n) is 6.84. The van der Waals surface area contributed by atoms with Gasteiger partial charge in [-0.2, -0.15) is 0 Å². The molecule has 210 valence electrons. The normalized spacial score (nSPS) is 13.2. The summed E-state index contributed by atoms with van der Waals surface area (Å²) in [6, 6.07) is 35.9. The Kier molecular flexibility index (Phi) is 5.19. The molecular weight excluding hydrogens is 541 g/mol. The second-order valence-electron chi connectivity index (χ2n) is 12.7. The zero-order valence-corrected chi connectivity index (χ0v) is 24.7. The van der Waals surface area contributed by atoms with Crippen LogP contribution in [0.3, 0.4) is 0 Å². The van der Waals surface area contributed by atoms with E-state index in [0.29, 0.717) is 0 Å². The highest BCUT2D eigenvalue weighted by molar-refractivity contribution is 6.98. The Bertz CT molecular complexity index is 2280. The van der Waals surface area contributed by atoms with Gasteiger partial charge in [0, 0.05) is 28.6 Å². The molecule has 0 atom stereocenters. The highest BCUT2D eigenvalue weighted by Crippen LogP contribution is 2.39. The van der Waals surface area contributed by atoms with Crippen molar-refractivity contribution in [1.29, 1.82) is 0 Å². The van der Waals surface area contributed by atoms with Crippen molar-refractivity contribution >= 4 is 44.9 Å². The molecule has 2 aliphatic heterocycles. The molecule has 9 rings (SSSR count). The van der Waals surface area contributed by atoms with Gasteiger partial charge in [0.15, 0.2) is 0 Å². The van der Waals surface area contributed by atoms with Crippen LogP contribution in [0.15, 0.2) is 116 Å². The third-order valence-electron chi connectivity index (χ3n) is 8.99. The molecule has 0 saturated heterocycles. The molecular formula is C38H28BN3O2. The van der Waals surface area contributed by atoms with Gasteiger partial charge in [-0.3, -0.25) is 9.55 Å². The van der Waals surface area contributed by atoms with Crippen molar-refractivity contribution in [2.24, 2.45) is 0 Å². The number of nitrogens with zero attached hydrogens (tertiary/aromatic N) is 3. The number of ether oxygens (including phenoxy) is 2. The Morgan fingerprint density at radius 2 is 1.41 bits per heavy atom. The molecule has 0 N–H and O–H groups in total. The third kappa shape index (κ3) is 3.67. The van der Waals surface area contributed by atoms with Gasteiger partial charge in [0.05, 0.1) is 16.7 Å². The molecule has 0 aliphatic carbocycles. The second kappa shape index (κ2) is 9.07. The molecule has 0 spiro atoms. The zero-order valence-electron chi connectivity index (χ0n) is 24.7. The summed E-state index contributed by atoms with van der Waals surface area (Å²) < 4.78 is 15.4. The first-order valence-corrected chi connectivity index (χ1v) is 15.0. The molecule has 4 aromatic carbocycles. The Labute approximate surface area is 255 Å². The summed E-state index contributed by atoms with van der Waals surface area (Å²) in [5.41, 5.74) is 8.78. The van der Waals surface area contributed by atoms with Crippen LogP contribution in [0.1, 0.15) is 26.3 Å². The summed E-state index contributed by atoms with van der Waals surface area (Å²) in [5.74, 6) is 4.26. The lowest BCUT2D eigenvalue weighted by molar-refractivity contribution is 0.465. The standard InChI is InChI=1S/C38H28BN3O2/c1-38(2,3)24-16-18-40-29(20-24)23-14-15-32-27(19-23)39-28-22-31-26(21-35(28)44-34-12-8-11-33(43-32)37(34)39)25-9-4-5-10-30(25)42(31)36-13-6-7-17-41-36/h4-22H,1-3H3. The Hall–Kier alpha value is -5.36. The van der Waals surface area contributed by atoms with Crippen molar-refractivity contribution in [2.75, 3.05) is 0 Å². The van der Waals surface area contributed by atoms with E-state index >= 15 is 0 Å². The van der Waals surface area contributed by atoms with Gasteiger partial charge in [-0.25, -0.2) is 4.98 Å². The van der Waals surface area contributed by atoms with E-state index < -0.39 is 0 Å². The molecule has 0 saturated carbocycles. The smallest absolute Gasteiger partial charge is 0.260 e. The molecule has 44 heavy (non-hydrogen) atoms. The van der Waals surface area contributed by atoms with Crippen LogP contribution < -0.4 is 25.9 Å². The van der Waals surface area contributed by atoms with Gasteiger partial charge in [-0.1, -0.05) is 57.2 Å². The number of hydrogen-bond acceptors (Lipinski definition) is 4. The number of rotatable bonds is 2. The minimum atomic E-state index is -0.0703. The van der Waals surface area contributed by atoms with E-state index in [0.717, 1.165) is 72.9 Å². The molecule has 5 nitrogen and oxygen atoms in total. The van der Waals surface area contributed by atoms with Gasteiger partial charge in [-0.05, 0) is 94.2 Å². The van der Waals surface area contributed by atoms with Gasteiger partial charge < -0.3 is 9.47 Å². The first kappa shape index (κ1) is 25.2. The van der Waals surface area contributed by atoms with Crippen LogP contribution in [-0.4, -0.2) is 21.2 Å². The SMILES string of the molecule is CC(C)(C)c1ccnc(-c2ccc3c(c2)B2c4cc5c(cc4Oc4cccc(c42)O3)c2ccccc2n5-c2ccccn2)c1. The molecule has 0 amide bonds. The van der Waals surface area contributed by atoms with E-state index in [1.54, 1.807) is 0 Å². The summed E-state index contributed by atoms with van der Waals surface area (Å²) >= 11 is 0. The summed E-state index contributed by atoms with van der Waals surface area (Å²) in [5, 5.41) is 2.30. The van der Waals surface area contributed by atoms with Crippen molar-refractivity contribution in [3.8, 4) is 40.1 Å². The average Bonchev–Trinajstić information content (AvgIpc) is 3.37. The topological polar surface area (TPSA) is 49.2 Å². The molecule has 2 aliphatic rings. The fraction of sp³-hybridized carbons (Fsp3) is 0.105. The van der Waals surface area contributed by atoms with Crippen LogP contribution >= 0.6 is 0 Å². The average molecular weight is 569 g/mol. The molecule has 6 heteroatoms. The molecule has 0 bridgehead atoms. The summed E-state index contributed by atoms with van der Waals surface area (Å²) in [7, 11) is 0. The first-order chi connectivity index (χ1) is 21.4. The lowest BCUT2D eigenvalue weighted by atomic mass is 9.34. The summed E-state index contributed by atoms with van der Waals surface area (Å²) in [4.78, 5) is 9.52. The molecule has 0 fully saturated rings. The monoisotopic (exact) mass is 569 g/mol. The molecule has 0 unspecified atom stereocenters. The van der Waals surface area contributed by atoms with Crippen LogP contribution in [0.2, 0.25) is 0 Å². The van der Waals surface area contributed by atoms with Crippen molar-refractivity contribution in [1.82, 2.24) is 14.5 Å². The summed E-state index contributed by atoms with van der Waals surface area (Å²) in [6.45, 7) is 6.62. The number of aromatic nitrogens is 3. The largest absolute Gasteiger partial charge is 0.458 e. The molecule has 3 aromatic heterocycles. The minimum absolute atomic E-state index is 0.0277. The van der Waals surface area contributed by atoms with Crippen LogP contribution in [0.5, 0.6) is 23.0 Å². The predicted octanol–water partition coefficient (Wildman–Crippen LogP) is 7.27. The maximum absolute atomic E-state index is 6.66. The van der Waals surface area contributed by atoms with E-state index in [9.17, 15) is 0 Å². The van der Waals surface area contributed by atoms with Crippen molar-refractivity contribution in [3.05, 3.63) is 121 Å². The number of hydrogen-bond donors (Lipinski definition) is 0. The highest BCUT2D eigenvalue weighted by atomic mass is 16.5. The van der Waals surface area contributed by atoms with Crippen LogP contribution in [0.4, 0.5) is 0 Å². The number of para-hydroxylation sites is 1. The van der Waals surface area contributed by atoms with Crippen LogP contribution in [0, 0.1) is 0 Å². The summed E-state index contributed by atoms with van der Waals surface area (Å²) in [6.07, 6.45) is 3.76. The van der Waals surface area contributed by atoms with E-state index in [2.05, 4.69) is 98.1 Å². The maximum atomic E-state index is 6.66. The Morgan fingerprint density at radius 3 is 2.23 bits per heavy atom. The van der Waals surface area contributed by atoms with E-state index in [1.165, 1.54) is 10.9 Å². The minimum Gasteiger partial charge on any atom is -0.458 e. The first-order valence-electron chi connectivity index (χ1n) is 15.0. The van der Waals surface area contributed by atoms with Gasteiger partial charge in [0.25, 0.3) is 6.71 Å². The third-order valence-corrected chi connectivity index (χ3v) is 8.99. The van der Waals surface area contributed by atoms with E-state index in [-0.39, 0.29) is 12.1 Å². The Balaban J connectivity index is 1.30. The fourth-order valence-corrected chi connectivity index (χ4v) is 6.84. The van der Waals surface area contributed by atoms with E-state index in [4.69, 9.17) is 19.4 Å². The lowest BCUT2D eigenvalue weighted by Gasteiger charge is -2.33. The molecule has 5 heterocycles. The van der Waals surface area contributed by atoms with E-state index in [1.807, 2.05) is 42.7 Å². The number of fused-ring (bicyclic) bond motifs is 7. The quantitative estimate of drug-likeness (QED) is 0.206. The Morgan fingerprint density at radius 1 is 0.614 bits per heavy atom. The van der Waals surface area contributed by atoms with Crippen molar-refractivity contribution in [3.63, 3.8) is 0 Å². The molecule has 7 aromatic rings. The van der Waals surface area contributed by atoms with Gasteiger partial charge in [-0.15, -0.1) is 0 Å². The highest BCUT2D eigenvalue weighted by Gasteiger charge is 2.40. The van der Waals surface area contributed by atoms with Crippen molar-refractivity contribution < 1.29 is 9.47 Å². The lowest BCUT2D eigenvalue weighted by Crippen LogP contribution is -2.57. The van der Waals surface area contributed by atoms with Crippen molar-refractivity contribution in [2.45, 2.75) is 26.2 Å². The van der Waals surface area contributed by atoms with Gasteiger partial charge in [0.1, 0.15) is 28.8 Å². The zero-order chi connectivity index (χ0) is 29.6. The van der Waals surface area contributed by atoms with Gasteiger partial charge >= 0.3 is 0 Å².